The molecule has 0 spiro atoms. The number of esters is 3. The zero-order valence-corrected chi connectivity index (χ0v) is 45.0. The summed E-state index contributed by atoms with van der Waals surface area (Å²) >= 11 is 0. The van der Waals surface area contributed by atoms with Crippen molar-refractivity contribution in [3.63, 3.8) is 0 Å². The Morgan fingerprint density at radius 1 is 0.304 bits per heavy atom. The van der Waals surface area contributed by atoms with Gasteiger partial charge in [0, 0.05) is 19.3 Å². The van der Waals surface area contributed by atoms with E-state index in [1.54, 1.807) is 0 Å². The molecule has 0 aliphatic rings. The van der Waals surface area contributed by atoms with E-state index in [4.69, 9.17) is 14.2 Å². The minimum Gasteiger partial charge on any atom is -0.462 e. The van der Waals surface area contributed by atoms with Crippen LogP contribution < -0.4 is 0 Å². The topological polar surface area (TPSA) is 78.9 Å². The summed E-state index contributed by atoms with van der Waals surface area (Å²) < 4.78 is 16.8. The molecule has 0 fully saturated rings. The van der Waals surface area contributed by atoms with Crippen LogP contribution in [-0.4, -0.2) is 37.2 Å². The van der Waals surface area contributed by atoms with Crippen molar-refractivity contribution in [1.29, 1.82) is 0 Å². The van der Waals surface area contributed by atoms with Crippen molar-refractivity contribution in [2.75, 3.05) is 13.2 Å². The predicted molar refractivity (Wildman–Crippen MR) is 297 cm³/mol. The average molecular weight is 960 g/mol. The number of rotatable bonds is 51. The largest absolute Gasteiger partial charge is 0.462 e. The lowest BCUT2D eigenvalue weighted by Crippen LogP contribution is -2.30. The molecule has 0 heterocycles. The molecule has 0 aromatic carbocycles. The first-order chi connectivity index (χ1) is 34.0. The van der Waals surface area contributed by atoms with Crippen molar-refractivity contribution in [2.24, 2.45) is 0 Å². The number of hydrogen-bond acceptors (Lipinski definition) is 6. The summed E-state index contributed by atoms with van der Waals surface area (Å²) in [6.07, 6.45) is 75.5. The van der Waals surface area contributed by atoms with Gasteiger partial charge in [0.25, 0.3) is 0 Å². The highest BCUT2D eigenvalue weighted by molar-refractivity contribution is 5.71. The Hall–Kier alpha value is -3.67. The van der Waals surface area contributed by atoms with Gasteiger partial charge in [-0.2, -0.15) is 0 Å². The molecule has 0 saturated carbocycles. The maximum absolute atomic E-state index is 12.8. The van der Waals surface area contributed by atoms with Gasteiger partial charge in [-0.1, -0.05) is 234 Å². The Kier molecular flexibility index (Phi) is 53.9. The molecule has 1 atom stereocenters. The quantitative estimate of drug-likeness (QED) is 0.0262. The van der Waals surface area contributed by atoms with Gasteiger partial charge in [0.2, 0.25) is 0 Å². The van der Waals surface area contributed by atoms with Crippen LogP contribution in [0.3, 0.4) is 0 Å². The lowest BCUT2D eigenvalue weighted by Gasteiger charge is -2.18. The third-order valence-electron chi connectivity index (χ3n) is 12.0. The van der Waals surface area contributed by atoms with Gasteiger partial charge in [-0.15, -0.1) is 0 Å². The summed E-state index contributed by atoms with van der Waals surface area (Å²) in [5, 5.41) is 0. The van der Waals surface area contributed by atoms with Crippen molar-refractivity contribution in [2.45, 2.75) is 271 Å². The average Bonchev–Trinajstić information content (AvgIpc) is 3.35. The molecule has 0 radical (unpaired) electrons. The maximum atomic E-state index is 12.8. The Bertz CT molecular complexity index is 1380. The highest BCUT2D eigenvalue weighted by atomic mass is 16.6. The zero-order valence-electron chi connectivity index (χ0n) is 45.0. The number of carbonyl (C=O) groups excluding carboxylic acids is 3. The molecule has 69 heavy (non-hydrogen) atoms. The lowest BCUT2D eigenvalue weighted by atomic mass is 10.1. The van der Waals surface area contributed by atoms with E-state index in [0.29, 0.717) is 19.3 Å². The van der Waals surface area contributed by atoms with Crippen LogP contribution in [0.2, 0.25) is 0 Å². The molecule has 6 heteroatoms. The normalized spacial score (nSPS) is 12.8. The van der Waals surface area contributed by atoms with Crippen molar-refractivity contribution in [3.8, 4) is 0 Å². The van der Waals surface area contributed by atoms with Crippen LogP contribution >= 0.6 is 0 Å². The van der Waals surface area contributed by atoms with Crippen molar-refractivity contribution in [1.82, 2.24) is 0 Å². The Balaban J connectivity index is 4.44. The molecule has 0 saturated heterocycles. The van der Waals surface area contributed by atoms with Gasteiger partial charge in [0.05, 0.1) is 0 Å². The minimum absolute atomic E-state index is 0.106. The fraction of sp³-hybridized carbons (Fsp3) is 0.698. The lowest BCUT2D eigenvalue weighted by molar-refractivity contribution is -0.167. The molecule has 394 valence electrons. The van der Waals surface area contributed by atoms with E-state index in [2.05, 4.69) is 118 Å². The van der Waals surface area contributed by atoms with Gasteiger partial charge in [0.1, 0.15) is 13.2 Å². The number of ether oxygens (including phenoxy) is 3. The molecule has 0 aliphatic carbocycles. The molecule has 0 bridgehead atoms. The van der Waals surface area contributed by atoms with Gasteiger partial charge in [0.15, 0.2) is 6.10 Å². The standard InChI is InChI=1S/C63H106O6/c1-4-7-10-13-16-19-22-25-27-29-30-31-32-34-35-38-41-44-47-50-53-56-62(65)68-59-60(58-67-61(64)55-52-49-46-43-40-37-24-21-18-15-12-9-6-3)69-63(66)57-54-51-48-45-42-39-36-33-28-26-23-20-17-14-11-8-5-2/h8,11-12,15,17,20-21,24,26,28-30,36,39,45,48,60H,4-7,9-10,13-14,16,18-19,22-23,25,27,31-35,37-38,40-44,46-47,49-59H2,1-3H3/b11-8-,15-12-,20-17-,24-21-,28-26-,30-29-,39-36-,48-45-. The van der Waals surface area contributed by atoms with Crippen molar-refractivity contribution in [3.05, 3.63) is 97.2 Å². The van der Waals surface area contributed by atoms with Gasteiger partial charge in [-0.05, 0) is 109 Å². The summed E-state index contributed by atoms with van der Waals surface area (Å²) in [4.78, 5) is 38.1. The van der Waals surface area contributed by atoms with Crippen LogP contribution in [0.25, 0.3) is 0 Å². The zero-order chi connectivity index (χ0) is 50.0. The SMILES string of the molecule is CC/C=C\C/C=C\C/C=C\C/C=C\C/C=C\CCCC(=O)OC(COC(=O)CCCCCCC/C=C\C/C=C\CCC)COC(=O)CCCCCCCCCCC/C=C\CCCCCCCCCC. The van der Waals surface area contributed by atoms with Crippen LogP contribution in [-0.2, 0) is 28.6 Å². The monoisotopic (exact) mass is 959 g/mol. The summed E-state index contributed by atoms with van der Waals surface area (Å²) in [5.74, 6) is -0.980. The molecule has 0 N–H and O–H groups in total. The second-order valence-corrected chi connectivity index (χ2v) is 18.8. The van der Waals surface area contributed by atoms with E-state index in [-0.39, 0.29) is 37.5 Å². The third-order valence-corrected chi connectivity index (χ3v) is 12.0. The first-order valence-corrected chi connectivity index (χ1v) is 28.7. The van der Waals surface area contributed by atoms with Crippen LogP contribution in [0, 0.1) is 0 Å². The molecule has 0 aliphatic heterocycles. The van der Waals surface area contributed by atoms with Crippen LogP contribution in [0.1, 0.15) is 265 Å². The molecule has 6 nitrogen and oxygen atoms in total. The Morgan fingerprint density at radius 3 is 1.00 bits per heavy atom. The second kappa shape index (κ2) is 56.9. The number of unbranched alkanes of at least 4 members (excludes halogenated alkanes) is 24. The molecular weight excluding hydrogens is 853 g/mol. The van der Waals surface area contributed by atoms with Gasteiger partial charge in [-0.25, -0.2) is 0 Å². The van der Waals surface area contributed by atoms with Gasteiger partial charge in [-0.3, -0.25) is 14.4 Å². The smallest absolute Gasteiger partial charge is 0.306 e. The fourth-order valence-electron chi connectivity index (χ4n) is 7.75. The molecule has 1 unspecified atom stereocenters. The summed E-state index contributed by atoms with van der Waals surface area (Å²) in [6.45, 7) is 6.41. The fourth-order valence-corrected chi connectivity index (χ4v) is 7.75. The number of hydrogen-bond donors (Lipinski definition) is 0. The molecular formula is C63H106O6. The number of allylic oxidation sites excluding steroid dienone is 16. The summed E-state index contributed by atoms with van der Waals surface area (Å²) in [6, 6.07) is 0. The first kappa shape index (κ1) is 65.3. The van der Waals surface area contributed by atoms with Gasteiger partial charge >= 0.3 is 17.9 Å². The first-order valence-electron chi connectivity index (χ1n) is 28.7. The highest BCUT2D eigenvalue weighted by Gasteiger charge is 2.19. The number of carbonyl (C=O) groups is 3. The minimum atomic E-state index is -0.815. The molecule has 0 amide bonds. The molecule has 0 aromatic heterocycles. The second-order valence-electron chi connectivity index (χ2n) is 18.8. The Labute approximate surface area is 426 Å². The predicted octanol–water partition coefficient (Wildman–Crippen LogP) is 19.3. The van der Waals surface area contributed by atoms with E-state index < -0.39 is 6.10 Å². The van der Waals surface area contributed by atoms with Crippen molar-refractivity contribution >= 4 is 17.9 Å². The van der Waals surface area contributed by atoms with E-state index >= 15 is 0 Å². The van der Waals surface area contributed by atoms with E-state index in [1.807, 2.05) is 0 Å². The third kappa shape index (κ3) is 55.1. The highest BCUT2D eigenvalue weighted by Crippen LogP contribution is 2.15. The van der Waals surface area contributed by atoms with Crippen LogP contribution in [0.4, 0.5) is 0 Å². The van der Waals surface area contributed by atoms with E-state index in [1.165, 1.54) is 109 Å². The maximum Gasteiger partial charge on any atom is 0.306 e. The van der Waals surface area contributed by atoms with E-state index in [0.717, 1.165) is 109 Å². The van der Waals surface area contributed by atoms with Crippen LogP contribution in [0.5, 0.6) is 0 Å². The molecule has 0 rings (SSSR count). The molecule has 0 aromatic rings. The van der Waals surface area contributed by atoms with E-state index in [9.17, 15) is 14.4 Å². The summed E-state index contributed by atoms with van der Waals surface area (Å²) in [7, 11) is 0. The Morgan fingerprint density at radius 2 is 0.609 bits per heavy atom. The van der Waals surface area contributed by atoms with Crippen molar-refractivity contribution < 1.29 is 28.6 Å². The summed E-state index contributed by atoms with van der Waals surface area (Å²) in [5.41, 5.74) is 0. The van der Waals surface area contributed by atoms with Gasteiger partial charge < -0.3 is 14.2 Å². The van der Waals surface area contributed by atoms with Crippen LogP contribution in [0.15, 0.2) is 97.2 Å².